The first-order valence-electron chi connectivity index (χ1n) is 17.9. The first-order chi connectivity index (χ1) is 24.2. The van der Waals surface area contributed by atoms with E-state index in [0.717, 1.165) is 62.5 Å². The van der Waals surface area contributed by atoms with E-state index in [1.54, 1.807) is 6.39 Å². The first kappa shape index (κ1) is 28.7. The summed E-state index contributed by atoms with van der Waals surface area (Å²) in [4.78, 5) is 9.92. The zero-order valence-corrected chi connectivity index (χ0v) is 27.6. The molecule has 7 aromatic rings. The molecule has 0 amide bonds. The Balaban J connectivity index is 1.02. The number of hydrogen-bond acceptors (Lipinski definition) is 3. The molecule has 4 aliphatic carbocycles. The molecule has 3 nitrogen and oxygen atoms in total. The summed E-state index contributed by atoms with van der Waals surface area (Å²) >= 11 is 0. The fraction of sp³-hybridized carbons (Fsp3) is 0.217. The summed E-state index contributed by atoms with van der Waals surface area (Å²) in [6.07, 6.45) is 9.93. The molecule has 4 saturated carbocycles. The predicted molar refractivity (Wildman–Crippen MR) is 199 cm³/mol. The van der Waals surface area contributed by atoms with Gasteiger partial charge in [-0.05, 0) is 114 Å². The highest BCUT2D eigenvalue weighted by Gasteiger charge is 2.52. The summed E-state index contributed by atoms with van der Waals surface area (Å²) in [5.74, 6) is 2.66. The van der Waals surface area contributed by atoms with Gasteiger partial charge in [-0.2, -0.15) is 0 Å². The van der Waals surface area contributed by atoms with Crippen molar-refractivity contribution in [3.63, 3.8) is 0 Å². The van der Waals surface area contributed by atoms with Gasteiger partial charge < -0.3 is 4.42 Å². The van der Waals surface area contributed by atoms with Crippen molar-refractivity contribution in [2.75, 3.05) is 0 Å². The van der Waals surface area contributed by atoms with E-state index in [1.165, 1.54) is 66.3 Å². The van der Waals surface area contributed by atoms with Gasteiger partial charge in [0.25, 0.3) is 0 Å². The van der Waals surface area contributed by atoms with Crippen molar-refractivity contribution >= 4 is 11.1 Å². The van der Waals surface area contributed by atoms with Gasteiger partial charge in [-0.1, -0.05) is 109 Å². The molecule has 2 heterocycles. The van der Waals surface area contributed by atoms with Crippen molar-refractivity contribution in [3.05, 3.63) is 145 Å². The molecule has 4 bridgehead atoms. The Morgan fingerprint density at radius 1 is 0.490 bits per heavy atom. The summed E-state index contributed by atoms with van der Waals surface area (Å²) in [5.41, 5.74) is 14.8. The number of nitrogens with zero attached hydrogens (tertiary/aromatic N) is 2. The van der Waals surface area contributed by atoms with Crippen molar-refractivity contribution in [1.82, 2.24) is 9.97 Å². The van der Waals surface area contributed by atoms with E-state index in [2.05, 4.69) is 121 Å². The van der Waals surface area contributed by atoms with Crippen LogP contribution < -0.4 is 0 Å². The highest BCUT2D eigenvalue weighted by atomic mass is 16.3. The molecular formula is C46H38N2O. The molecule has 0 radical (unpaired) electrons. The maximum Gasteiger partial charge on any atom is 0.182 e. The van der Waals surface area contributed by atoms with E-state index in [1.807, 2.05) is 12.1 Å². The Labute approximate surface area is 287 Å². The van der Waals surface area contributed by atoms with Gasteiger partial charge in [0, 0.05) is 22.3 Å². The third kappa shape index (κ3) is 5.03. The van der Waals surface area contributed by atoms with Gasteiger partial charge in [-0.15, -0.1) is 0 Å². The summed E-state index contributed by atoms with van der Waals surface area (Å²) in [6.45, 7) is 0. The molecule has 0 saturated heterocycles. The Morgan fingerprint density at radius 2 is 1.00 bits per heavy atom. The number of fused-ring (bicyclic) bond motifs is 1. The minimum Gasteiger partial charge on any atom is -0.443 e. The maximum absolute atomic E-state index is 6.25. The van der Waals surface area contributed by atoms with Gasteiger partial charge in [0.15, 0.2) is 12.0 Å². The van der Waals surface area contributed by atoms with Crippen molar-refractivity contribution in [3.8, 4) is 55.9 Å². The number of hydrogen-bond donors (Lipinski definition) is 0. The summed E-state index contributed by atoms with van der Waals surface area (Å²) in [6, 6.07) is 47.8. The second kappa shape index (κ2) is 11.4. The fourth-order valence-corrected chi connectivity index (χ4v) is 10.00. The highest BCUT2D eigenvalue weighted by molar-refractivity contribution is 5.94. The Kier molecular flexibility index (Phi) is 6.69. The molecule has 5 aromatic carbocycles. The topological polar surface area (TPSA) is 38.9 Å². The van der Waals surface area contributed by atoms with Gasteiger partial charge in [-0.25, -0.2) is 9.97 Å². The van der Waals surface area contributed by atoms with E-state index in [4.69, 9.17) is 14.4 Å². The molecule has 0 unspecified atom stereocenters. The van der Waals surface area contributed by atoms with E-state index in [9.17, 15) is 0 Å². The van der Waals surface area contributed by atoms with Crippen LogP contribution in [0.2, 0.25) is 0 Å². The van der Waals surface area contributed by atoms with E-state index in [0.29, 0.717) is 0 Å². The quantitative estimate of drug-likeness (QED) is 0.183. The fourth-order valence-electron chi connectivity index (χ4n) is 10.00. The van der Waals surface area contributed by atoms with Crippen LogP contribution in [0.4, 0.5) is 0 Å². The van der Waals surface area contributed by atoms with Crippen LogP contribution in [0.25, 0.3) is 67.0 Å². The van der Waals surface area contributed by atoms with Gasteiger partial charge in [0.2, 0.25) is 0 Å². The normalized spacial score (nSPS) is 22.5. The smallest absolute Gasteiger partial charge is 0.182 e. The number of aromatic nitrogens is 2. The Morgan fingerprint density at radius 3 is 1.59 bits per heavy atom. The molecule has 4 fully saturated rings. The SMILES string of the molecule is c1ccc(-c2cc(-c3cccc(-c4cccc(-c5ccc(C67CC8CC(CC(C8)C6)C7)c6ocnc56)c4)c3)cc(-c3ccccc3)n2)cc1. The van der Waals surface area contributed by atoms with Crippen molar-refractivity contribution < 1.29 is 4.42 Å². The lowest BCUT2D eigenvalue weighted by molar-refractivity contribution is -0.00487. The zero-order valence-electron chi connectivity index (χ0n) is 27.6. The van der Waals surface area contributed by atoms with Gasteiger partial charge in [0.1, 0.15) is 5.52 Å². The van der Waals surface area contributed by atoms with Crippen LogP contribution in [0, 0.1) is 17.8 Å². The van der Waals surface area contributed by atoms with E-state index < -0.39 is 0 Å². The molecule has 2 aromatic heterocycles. The van der Waals surface area contributed by atoms with Gasteiger partial charge >= 0.3 is 0 Å². The van der Waals surface area contributed by atoms with Crippen LogP contribution in [0.3, 0.4) is 0 Å². The number of benzene rings is 5. The molecule has 238 valence electrons. The number of rotatable bonds is 6. The molecule has 0 atom stereocenters. The standard InChI is InChI=1S/C46H38N2O/c1-3-9-33(10-4-1)42-24-39(25-43(48-42)34-11-5-2-6-12-34)37-15-7-13-35(22-37)36-14-8-16-38(23-36)40-17-18-41(45-44(40)47-29-49-45)46-26-30-19-31(27-46)21-32(20-30)28-46/h1-18,22-25,29-32H,19-21,26-28H2. The average molecular weight is 635 g/mol. The molecule has 4 aliphatic rings. The molecular weight excluding hydrogens is 597 g/mol. The summed E-state index contributed by atoms with van der Waals surface area (Å²) in [5, 5.41) is 0. The largest absolute Gasteiger partial charge is 0.443 e. The lowest BCUT2D eigenvalue weighted by Crippen LogP contribution is -2.48. The molecule has 0 N–H and O–H groups in total. The Hall–Kier alpha value is -5.28. The predicted octanol–water partition coefficient (Wildman–Crippen LogP) is 12.0. The van der Waals surface area contributed by atoms with E-state index in [-0.39, 0.29) is 5.41 Å². The molecule has 0 spiro atoms. The van der Waals surface area contributed by atoms with Crippen molar-refractivity contribution in [2.24, 2.45) is 17.8 Å². The van der Waals surface area contributed by atoms with E-state index >= 15 is 0 Å². The van der Waals surface area contributed by atoms with Crippen LogP contribution in [-0.2, 0) is 5.41 Å². The van der Waals surface area contributed by atoms with Gasteiger partial charge in [-0.3, -0.25) is 0 Å². The maximum atomic E-state index is 6.25. The lowest BCUT2D eigenvalue weighted by atomic mass is 9.48. The first-order valence-corrected chi connectivity index (χ1v) is 17.9. The molecule has 0 aliphatic heterocycles. The van der Waals surface area contributed by atoms with Crippen LogP contribution in [-0.4, -0.2) is 9.97 Å². The number of oxazole rings is 1. The minimum absolute atomic E-state index is 0.265. The summed E-state index contributed by atoms with van der Waals surface area (Å²) < 4.78 is 6.25. The minimum atomic E-state index is 0.265. The molecule has 49 heavy (non-hydrogen) atoms. The van der Waals surface area contributed by atoms with Gasteiger partial charge in [0.05, 0.1) is 11.4 Å². The van der Waals surface area contributed by atoms with Crippen LogP contribution in [0.5, 0.6) is 0 Å². The number of pyridine rings is 1. The third-order valence-corrected chi connectivity index (χ3v) is 11.8. The summed E-state index contributed by atoms with van der Waals surface area (Å²) in [7, 11) is 0. The Bertz CT molecular complexity index is 2230. The zero-order chi connectivity index (χ0) is 32.4. The van der Waals surface area contributed by atoms with Crippen LogP contribution in [0.1, 0.15) is 44.1 Å². The lowest BCUT2D eigenvalue weighted by Gasteiger charge is -2.57. The average Bonchev–Trinajstić information content (AvgIpc) is 3.65. The second-order valence-electron chi connectivity index (χ2n) is 14.9. The molecule has 3 heteroatoms. The third-order valence-electron chi connectivity index (χ3n) is 11.8. The van der Waals surface area contributed by atoms with Crippen molar-refractivity contribution in [1.29, 1.82) is 0 Å². The highest BCUT2D eigenvalue weighted by Crippen LogP contribution is 2.61. The molecule has 11 rings (SSSR count). The second-order valence-corrected chi connectivity index (χ2v) is 14.9. The van der Waals surface area contributed by atoms with Crippen molar-refractivity contribution in [2.45, 2.75) is 43.9 Å². The monoisotopic (exact) mass is 634 g/mol. The van der Waals surface area contributed by atoms with Crippen LogP contribution >= 0.6 is 0 Å². The van der Waals surface area contributed by atoms with Crippen LogP contribution in [0.15, 0.2) is 144 Å².